The van der Waals surface area contributed by atoms with Crippen molar-refractivity contribution in [1.29, 1.82) is 0 Å². The zero-order valence-corrected chi connectivity index (χ0v) is 13.0. The van der Waals surface area contributed by atoms with E-state index in [1.807, 2.05) is 6.07 Å². The van der Waals surface area contributed by atoms with Gasteiger partial charge in [-0.25, -0.2) is 0 Å². The molecule has 2 heterocycles. The Labute approximate surface area is 124 Å². The van der Waals surface area contributed by atoms with E-state index in [1.54, 1.807) is 0 Å². The van der Waals surface area contributed by atoms with Crippen LogP contribution in [0.2, 0.25) is 4.34 Å². The number of carbonyl (C=O) groups is 1. The van der Waals surface area contributed by atoms with Gasteiger partial charge in [-0.3, -0.25) is 9.69 Å². The third-order valence-electron chi connectivity index (χ3n) is 3.20. The van der Waals surface area contributed by atoms with Gasteiger partial charge in [0.1, 0.15) is 10.4 Å². The summed E-state index contributed by atoms with van der Waals surface area (Å²) in [7, 11) is 0. The van der Waals surface area contributed by atoms with Crippen molar-refractivity contribution in [2.45, 2.75) is 38.3 Å². The third-order valence-corrected chi connectivity index (χ3v) is 5.66. The first-order chi connectivity index (χ1) is 8.58. The zero-order valence-electron chi connectivity index (χ0n) is 9.86. The van der Waals surface area contributed by atoms with E-state index in [-0.39, 0.29) is 6.04 Å². The Morgan fingerprint density at radius 1 is 1.56 bits per heavy atom. The van der Waals surface area contributed by atoms with Crippen molar-refractivity contribution >= 4 is 44.8 Å². The highest BCUT2D eigenvalue weighted by Crippen LogP contribution is 2.33. The summed E-state index contributed by atoms with van der Waals surface area (Å²) in [5, 5.41) is 9.30. The lowest BCUT2D eigenvalue weighted by molar-refractivity contribution is -0.143. The van der Waals surface area contributed by atoms with Crippen molar-refractivity contribution in [2.75, 3.05) is 6.54 Å². The summed E-state index contributed by atoms with van der Waals surface area (Å²) in [5.74, 6) is -0.710. The van der Waals surface area contributed by atoms with Crippen LogP contribution in [0.4, 0.5) is 0 Å². The van der Waals surface area contributed by atoms with Crippen LogP contribution in [0.1, 0.15) is 30.6 Å². The maximum Gasteiger partial charge on any atom is 0.320 e. The van der Waals surface area contributed by atoms with Crippen LogP contribution in [-0.4, -0.2) is 28.6 Å². The van der Waals surface area contributed by atoms with Gasteiger partial charge in [0.25, 0.3) is 0 Å². The average Bonchev–Trinajstić information content (AvgIpc) is 2.53. The predicted molar refractivity (Wildman–Crippen MR) is 77.3 cm³/mol. The summed E-state index contributed by atoms with van der Waals surface area (Å²) in [6.07, 6.45) is 3.94. The molecule has 0 radical (unpaired) electrons. The van der Waals surface area contributed by atoms with Gasteiger partial charge in [0, 0.05) is 15.9 Å². The molecule has 1 atom stereocenters. The third kappa shape index (κ3) is 3.47. The van der Waals surface area contributed by atoms with Crippen LogP contribution < -0.4 is 0 Å². The fraction of sp³-hybridized carbons (Fsp3) is 0.583. The number of likely N-dealkylation sites (tertiary alicyclic amines) is 1. The minimum atomic E-state index is -0.710. The fourth-order valence-corrected chi connectivity index (χ4v) is 4.12. The Bertz CT molecular complexity index is 418. The first kappa shape index (κ1) is 14.3. The molecule has 1 unspecified atom stereocenters. The van der Waals surface area contributed by atoms with E-state index in [0.29, 0.717) is 6.54 Å². The molecule has 100 valence electrons. The quantitative estimate of drug-likeness (QED) is 0.894. The number of nitrogens with zero attached hydrogens (tertiary/aromatic N) is 1. The maximum absolute atomic E-state index is 11.3. The fourth-order valence-electron chi connectivity index (χ4n) is 2.31. The number of rotatable bonds is 3. The molecule has 1 saturated heterocycles. The summed E-state index contributed by atoms with van der Waals surface area (Å²) in [4.78, 5) is 14.5. The second-order valence-corrected chi connectivity index (χ2v) is 7.10. The minimum Gasteiger partial charge on any atom is -0.480 e. The van der Waals surface area contributed by atoms with Crippen LogP contribution in [0.3, 0.4) is 0 Å². The number of aliphatic carboxylic acids is 1. The lowest BCUT2D eigenvalue weighted by Gasteiger charge is -2.25. The molecule has 18 heavy (non-hydrogen) atoms. The van der Waals surface area contributed by atoms with E-state index in [9.17, 15) is 9.90 Å². The first-order valence-corrected chi connectivity index (χ1v) is 7.97. The van der Waals surface area contributed by atoms with Gasteiger partial charge in [-0.2, -0.15) is 0 Å². The molecule has 1 aromatic heterocycles. The SMILES string of the molecule is O=C(O)C1CCCCCN1Cc1cc(Br)c(Cl)s1. The van der Waals surface area contributed by atoms with Crippen LogP contribution in [0.5, 0.6) is 0 Å². The van der Waals surface area contributed by atoms with Gasteiger partial charge in [-0.05, 0) is 41.4 Å². The van der Waals surface area contributed by atoms with Crippen molar-refractivity contribution in [3.63, 3.8) is 0 Å². The smallest absolute Gasteiger partial charge is 0.320 e. The molecule has 1 N–H and O–H groups in total. The van der Waals surface area contributed by atoms with Crippen molar-refractivity contribution < 1.29 is 9.90 Å². The van der Waals surface area contributed by atoms with E-state index in [2.05, 4.69) is 20.8 Å². The van der Waals surface area contributed by atoms with Crippen molar-refractivity contribution in [3.8, 4) is 0 Å². The molecule has 0 spiro atoms. The van der Waals surface area contributed by atoms with Gasteiger partial charge in [0.15, 0.2) is 0 Å². The molecule has 1 fully saturated rings. The van der Waals surface area contributed by atoms with Gasteiger partial charge < -0.3 is 5.11 Å². The highest BCUT2D eigenvalue weighted by molar-refractivity contribution is 9.10. The van der Waals surface area contributed by atoms with Gasteiger partial charge in [0.2, 0.25) is 0 Å². The second-order valence-electron chi connectivity index (χ2n) is 4.51. The molecule has 0 saturated carbocycles. The van der Waals surface area contributed by atoms with Crippen molar-refractivity contribution in [1.82, 2.24) is 4.90 Å². The van der Waals surface area contributed by atoms with Gasteiger partial charge in [-0.1, -0.05) is 24.4 Å². The summed E-state index contributed by atoms with van der Waals surface area (Å²) in [5.41, 5.74) is 0. The standard InChI is InChI=1S/C12H15BrClNO2S/c13-9-6-8(18-11(9)14)7-15-5-3-1-2-4-10(15)12(16)17/h6,10H,1-5,7H2,(H,16,17). The average molecular weight is 353 g/mol. The molecular formula is C12H15BrClNO2S. The number of halogens is 2. The number of carboxylic acids is 1. The molecule has 0 aliphatic carbocycles. The maximum atomic E-state index is 11.3. The van der Waals surface area contributed by atoms with E-state index >= 15 is 0 Å². The molecule has 1 aliphatic rings. The van der Waals surface area contributed by atoms with Crippen LogP contribution >= 0.6 is 38.9 Å². The van der Waals surface area contributed by atoms with Gasteiger partial charge in [-0.15, -0.1) is 11.3 Å². The Kier molecular flexibility index (Phi) is 5.06. The molecule has 2 rings (SSSR count). The topological polar surface area (TPSA) is 40.5 Å². The number of hydrogen-bond acceptors (Lipinski definition) is 3. The number of carboxylic acid groups (broad SMARTS) is 1. The summed E-state index contributed by atoms with van der Waals surface area (Å²) in [6.45, 7) is 1.52. The monoisotopic (exact) mass is 351 g/mol. The van der Waals surface area contributed by atoms with Crippen LogP contribution in [0.25, 0.3) is 0 Å². The van der Waals surface area contributed by atoms with Crippen molar-refractivity contribution in [3.05, 3.63) is 19.8 Å². The first-order valence-electron chi connectivity index (χ1n) is 5.98. The molecule has 0 bridgehead atoms. The van der Waals surface area contributed by atoms with Gasteiger partial charge in [0.05, 0.1) is 0 Å². The van der Waals surface area contributed by atoms with Crippen LogP contribution in [0, 0.1) is 0 Å². The normalized spacial score (nSPS) is 21.8. The summed E-state index contributed by atoms with van der Waals surface area (Å²) < 4.78 is 1.62. The molecule has 1 aliphatic heterocycles. The Balaban J connectivity index is 2.10. The summed E-state index contributed by atoms with van der Waals surface area (Å²) >= 11 is 10.9. The molecule has 1 aromatic rings. The Morgan fingerprint density at radius 3 is 2.94 bits per heavy atom. The second kappa shape index (κ2) is 6.37. The Hall–Kier alpha value is -0.100. The van der Waals surface area contributed by atoms with Crippen LogP contribution in [-0.2, 0) is 11.3 Å². The largest absolute Gasteiger partial charge is 0.480 e. The van der Waals surface area contributed by atoms with Crippen LogP contribution in [0.15, 0.2) is 10.5 Å². The molecular weight excluding hydrogens is 338 g/mol. The Morgan fingerprint density at radius 2 is 2.33 bits per heavy atom. The lowest BCUT2D eigenvalue weighted by Crippen LogP contribution is -2.39. The number of thiophene rings is 1. The highest BCUT2D eigenvalue weighted by atomic mass is 79.9. The van der Waals surface area contributed by atoms with E-state index in [4.69, 9.17) is 11.6 Å². The number of hydrogen-bond donors (Lipinski definition) is 1. The highest BCUT2D eigenvalue weighted by Gasteiger charge is 2.27. The molecule has 0 amide bonds. The van der Waals surface area contributed by atoms with E-state index in [0.717, 1.165) is 45.9 Å². The van der Waals surface area contributed by atoms with E-state index in [1.165, 1.54) is 11.3 Å². The van der Waals surface area contributed by atoms with Crippen molar-refractivity contribution in [2.24, 2.45) is 0 Å². The van der Waals surface area contributed by atoms with E-state index < -0.39 is 5.97 Å². The predicted octanol–water partition coefficient (Wildman–Crippen LogP) is 3.99. The molecule has 6 heteroatoms. The minimum absolute atomic E-state index is 0.354. The summed E-state index contributed by atoms with van der Waals surface area (Å²) in [6, 6.07) is 1.63. The molecule has 3 nitrogen and oxygen atoms in total. The zero-order chi connectivity index (χ0) is 13.1. The lowest BCUT2D eigenvalue weighted by atomic mass is 10.1. The van der Waals surface area contributed by atoms with Gasteiger partial charge >= 0.3 is 5.97 Å². The molecule has 0 aromatic carbocycles.